The van der Waals surface area contributed by atoms with Crippen LogP contribution in [0.2, 0.25) is 0 Å². The van der Waals surface area contributed by atoms with Crippen molar-refractivity contribution in [3.8, 4) is 17.2 Å². The van der Waals surface area contributed by atoms with Gasteiger partial charge >= 0.3 is 0 Å². The van der Waals surface area contributed by atoms with E-state index in [0.717, 1.165) is 235 Å². The lowest BCUT2D eigenvalue weighted by Gasteiger charge is -2.31. The fourth-order valence-electron chi connectivity index (χ4n) is 13.3. The van der Waals surface area contributed by atoms with Gasteiger partial charge in [-0.05, 0) is 120 Å². The molecule has 6 aliphatic rings. The first-order valence-electron chi connectivity index (χ1n) is 34.1. The Hall–Kier alpha value is -10.1. The lowest BCUT2D eigenvalue weighted by atomic mass is 9.93. The van der Waals surface area contributed by atoms with Gasteiger partial charge in [0.05, 0.1) is 104 Å². The zero-order chi connectivity index (χ0) is 67.0. The lowest BCUT2D eigenvalue weighted by molar-refractivity contribution is 0.0961. The summed E-state index contributed by atoms with van der Waals surface area (Å²) in [6, 6.07) is 20.7. The smallest absolute Gasteiger partial charge is 0.252 e. The van der Waals surface area contributed by atoms with Gasteiger partial charge in [-0.15, -0.1) is 0 Å². The molecule has 6 aromatic heterocycles. The summed E-state index contributed by atoms with van der Waals surface area (Å²) in [5.41, 5.74) is 20.8. The van der Waals surface area contributed by atoms with Crippen molar-refractivity contribution in [1.82, 2.24) is 55.2 Å². The number of ether oxygens (including phenoxy) is 6. The first-order valence-corrected chi connectivity index (χ1v) is 34.1. The number of pyridine rings is 2. The highest BCUT2D eigenvalue weighted by molar-refractivity contribution is 5.94. The molecule has 2 amide bonds. The van der Waals surface area contributed by atoms with Crippen LogP contribution in [0.25, 0.3) is 33.1 Å². The number of benzene rings is 3. The molecule has 3 saturated carbocycles. The third kappa shape index (κ3) is 17.3. The molecule has 15 rings (SSSR count). The number of nitrogens with zero attached hydrogens (tertiary/aromatic N) is 13. The number of rotatable bonds is 17. The van der Waals surface area contributed by atoms with Crippen LogP contribution in [0.3, 0.4) is 0 Å². The van der Waals surface area contributed by atoms with E-state index >= 15 is 0 Å². The summed E-state index contributed by atoms with van der Waals surface area (Å²) in [6.45, 7) is 9.58. The van der Waals surface area contributed by atoms with Gasteiger partial charge in [-0.2, -0.15) is 0 Å². The van der Waals surface area contributed by atoms with Crippen molar-refractivity contribution in [2.24, 2.45) is 5.73 Å². The van der Waals surface area contributed by atoms with Crippen LogP contribution >= 0.6 is 0 Å². The maximum absolute atomic E-state index is 11.7. The molecule has 27 nitrogen and oxygen atoms in total. The van der Waals surface area contributed by atoms with Crippen molar-refractivity contribution in [2.45, 2.75) is 113 Å². The third-order valence-corrected chi connectivity index (χ3v) is 18.6. The van der Waals surface area contributed by atoms with Gasteiger partial charge in [-0.25, -0.2) is 34.9 Å². The van der Waals surface area contributed by atoms with Crippen LogP contribution < -0.4 is 61.6 Å². The Kier molecular flexibility index (Phi) is 21.9. The van der Waals surface area contributed by atoms with E-state index in [1.54, 1.807) is 81.0 Å². The van der Waals surface area contributed by atoms with Crippen molar-refractivity contribution < 1.29 is 38.0 Å². The standard InChI is InChI=1S/C25H30N6O3.C24H28N6O3.C22H27N7O2/c1-26-25(32)17-2-7-23(29-16-17)30-18-3-5-20(6-4-18)34-22-15-19(31-10-12-33-13-11-31)14-21-24(22)28-9-8-27-21;25-24(31)16-1-6-22(28-15-16)29-17-2-4-19(5-3-17)33-21-14-18(30-9-11-32-12-10-30)13-20-23(21)27-8-7-26-20;23-15-13-26-22(27-14-15)28-16-1-3-18(4-2-16)31-20-12-17(29-7-9-30-10-8-29)11-19-21(20)25-6-5-24-19/h2,7-9,14-16,18,20H,3-6,10-13H2,1H3,(H,26,32)(H,29,30);1,6-8,13-15,17,19H,2-5,9-12H2,(H2,25,31)(H,28,29);5-6,11-14,16,18H,1-4,7-10,23H2,(H,26,27,28). The highest BCUT2D eigenvalue weighted by Crippen LogP contribution is 2.37. The topological polar surface area (TPSA) is 328 Å². The first kappa shape index (κ1) is 66.5. The fourth-order valence-corrected chi connectivity index (χ4v) is 13.3. The van der Waals surface area contributed by atoms with E-state index in [4.69, 9.17) is 39.9 Å². The Morgan fingerprint density at radius 1 is 0.429 bits per heavy atom. The lowest BCUT2D eigenvalue weighted by Crippen LogP contribution is -2.36. The molecule has 0 unspecified atom stereocenters. The van der Waals surface area contributed by atoms with Crippen LogP contribution in [0.4, 0.5) is 40.3 Å². The summed E-state index contributed by atoms with van der Waals surface area (Å²) in [5.74, 6) is 3.97. The SMILES string of the molecule is CNC(=O)c1ccc(NC2CCC(Oc3cc(N4CCOCC4)cc4nccnc34)CC2)nc1.NC(=O)c1ccc(NC2CCC(Oc3cc(N4CCOCC4)cc4nccnc34)CC2)nc1.Nc1cnc(NC2CCC(Oc3cc(N4CCOCC4)cc4nccnc34)CC2)nc1. The first-order chi connectivity index (χ1) is 48.1. The summed E-state index contributed by atoms with van der Waals surface area (Å²) in [4.78, 5) is 74.2. The molecule has 0 spiro atoms. The molecule has 8 N–H and O–H groups in total. The summed E-state index contributed by atoms with van der Waals surface area (Å²) in [5, 5.41) is 13.0. The average molecular weight is 1330 g/mol. The molecule has 512 valence electrons. The molecule has 9 aromatic rings. The number of nitrogens with one attached hydrogen (secondary N) is 4. The molecular formula is C71H85N19O8. The van der Waals surface area contributed by atoms with Crippen LogP contribution in [0.15, 0.2) is 123 Å². The number of hydrogen-bond donors (Lipinski definition) is 6. The van der Waals surface area contributed by atoms with E-state index in [2.05, 4.69) is 122 Å². The van der Waals surface area contributed by atoms with Gasteiger partial charge in [-0.3, -0.25) is 24.5 Å². The molecule has 3 aromatic carbocycles. The van der Waals surface area contributed by atoms with Gasteiger partial charge in [0.1, 0.15) is 45.4 Å². The van der Waals surface area contributed by atoms with Gasteiger partial charge in [-0.1, -0.05) is 0 Å². The number of anilines is 7. The van der Waals surface area contributed by atoms with E-state index in [1.165, 1.54) is 6.20 Å². The zero-order valence-corrected chi connectivity index (χ0v) is 55.2. The number of carbonyl (C=O) groups excluding carboxylic acids is 2. The number of primary amides is 1. The minimum absolute atomic E-state index is 0.124. The molecule has 0 bridgehead atoms. The predicted molar refractivity (Wildman–Crippen MR) is 375 cm³/mol. The van der Waals surface area contributed by atoms with Gasteiger partial charge in [0.25, 0.3) is 5.91 Å². The number of nitrogens with two attached hydrogens (primary N) is 2. The highest BCUT2D eigenvalue weighted by atomic mass is 16.5. The Balaban J connectivity index is 0.000000132. The average Bonchev–Trinajstić information content (AvgIpc) is 0.811. The molecule has 9 heterocycles. The third-order valence-electron chi connectivity index (χ3n) is 18.6. The van der Waals surface area contributed by atoms with Crippen molar-refractivity contribution in [3.05, 3.63) is 134 Å². The monoisotopic (exact) mass is 1330 g/mol. The van der Waals surface area contributed by atoms with E-state index in [9.17, 15) is 9.59 Å². The number of fused-ring (bicyclic) bond motifs is 3. The van der Waals surface area contributed by atoms with Gasteiger partial charge in [0.2, 0.25) is 11.9 Å². The molecule has 6 fully saturated rings. The Labute approximate surface area is 568 Å². The number of morpholine rings is 3. The number of amides is 2. The minimum Gasteiger partial charge on any atom is -0.488 e. The molecule has 98 heavy (non-hydrogen) atoms. The van der Waals surface area contributed by atoms with Gasteiger partial charge < -0.3 is 75.9 Å². The van der Waals surface area contributed by atoms with Crippen LogP contribution in [0.1, 0.15) is 97.8 Å². The van der Waals surface area contributed by atoms with Crippen LogP contribution in [-0.4, -0.2) is 184 Å². The number of aromatic nitrogens is 10. The van der Waals surface area contributed by atoms with Crippen LogP contribution in [0, 0.1) is 0 Å². The Bertz CT molecular complexity index is 4080. The van der Waals surface area contributed by atoms with Crippen molar-refractivity contribution in [3.63, 3.8) is 0 Å². The van der Waals surface area contributed by atoms with Crippen molar-refractivity contribution in [1.29, 1.82) is 0 Å². The number of hydrogen-bond acceptors (Lipinski definition) is 25. The maximum Gasteiger partial charge on any atom is 0.252 e. The Morgan fingerprint density at radius 3 is 1.11 bits per heavy atom. The van der Waals surface area contributed by atoms with Crippen molar-refractivity contribution >= 4 is 85.2 Å². The molecule has 3 aliphatic carbocycles. The summed E-state index contributed by atoms with van der Waals surface area (Å²) in [7, 11) is 1.61. The van der Waals surface area contributed by atoms with Gasteiger partial charge in [0, 0.05) is 149 Å². The van der Waals surface area contributed by atoms with Gasteiger partial charge in [0.15, 0.2) is 0 Å². The highest BCUT2D eigenvalue weighted by Gasteiger charge is 2.29. The van der Waals surface area contributed by atoms with E-state index in [-0.39, 0.29) is 24.2 Å². The van der Waals surface area contributed by atoms with E-state index in [1.807, 2.05) is 6.07 Å². The normalized spacial score (nSPS) is 21.1. The summed E-state index contributed by atoms with van der Waals surface area (Å²) >= 11 is 0. The van der Waals surface area contributed by atoms with E-state index in [0.29, 0.717) is 40.9 Å². The van der Waals surface area contributed by atoms with Crippen LogP contribution in [-0.2, 0) is 14.2 Å². The molecular weight excluding hydrogens is 1250 g/mol. The maximum atomic E-state index is 11.7. The second-order valence-electron chi connectivity index (χ2n) is 25.3. The number of carbonyl (C=O) groups is 2. The van der Waals surface area contributed by atoms with E-state index < -0.39 is 5.91 Å². The predicted octanol–water partition coefficient (Wildman–Crippen LogP) is 8.43. The molecule has 3 saturated heterocycles. The molecule has 3 aliphatic heterocycles. The number of nitrogen functional groups attached to an aromatic ring is 1. The second-order valence-corrected chi connectivity index (χ2v) is 25.3. The molecule has 0 radical (unpaired) electrons. The summed E-state index contributed by atoms with van der Waals surface area (Å²) in [6.07, 6.45) is 28.6. The summed E-state index contributed by atoms with van der Waals surface area (Å²) < 4.78 is 36.0. The fraction of sp³-hybridized carbons (Fsp3) is 0.437. The Morgan fingerprint density at radius 2 is 0.776 bits per heavy atom. The largest absolute Gasteiger partial charge is 0.488 e. The minimum atomic E-state index is -0.471. The second kappa shape index (κ2) is 32.3. The van der Waals surface area contributed by atoms with Crippen molar-refractivity contribution in [2.75, 3.05) is 122 Å². The molecule has 27 heteroatoms. The van der Waals surface area contributed by atoms with Crippen LogP contribution in [0.5, 0.6) is 17.2 Å². The molecule has 0 atom stereocenters. The zero-order valence-electron chi connectivity index (χ0n) is 55.2. The quantitative estimate of drug-likeness (QED) is 0.0498.